The van der Waals surface area contributed by atoms with Gasteiger partial charge < -0.3 is 0 Å². The van der Waals surface area contributed by atoms with Crippen molar-refractivity contribution in [3.8, 4) is 6.07 Å². The molecule has 2 nitrogen and oxygen atoms in total. The topological polar surface area (TPSA) is 40.9 Å². The first kappa shape index (κ1) is 14.8. The Balaban J connectivity index is 2.42. The van der Waals surface area contributed by atoms with E-state index < -0.39 is 5.92 Å². The highest BCUT2D eigenvalue weighted by molar-refractivity contribution is 9.10. The largest absolute Gasteiger partial charge is 0.292 e. The molecule has 2 aromatic rings. The maximum atomic E-state index is 12.5. The average molecular weight is 349 g/mol. The molecule has 1 atom stereocenters. The predicted molar refractivity (Wildman–Crippen MR) is 83.0 cm³/mol. The van der Waals surface area contributed by atoms with Crippen molar-refractivity contribution < 1.29 is 4.79 Å². The number of aryl methyl sites for hydroxylation is 1. The van der Waals surface area contributed by atoms with E-state index in [9.17, 15) is 10.1 Å². The van der Waals surface area contributed by atoms with Crippen LogP contribution in [-0.4, -0.2) is 5.78 Å². The van der Waals surface area contributed by atoms with Crippen LogP contribution in [0.5, 0.6) is 0 Å². The fraction of sp³-hybridized carbons (Fsp3) is 0.125. The number of carbonyl (C=O) groups excluding carboxylic acids is 1. The first-order valence-electron chi connectivity index (χ1n) is 5.98. The van der Waals surface area contributed by atoms with Crippen LogP contribution < -0.4 is 0 Å². The van der Waals surface area contributed by atoms with Gasteiger partial charge >= 0.3 is 0 Å². The van der Waals surface area contributed by atoms with E-state index in [1.54, 1.807) is 30.3 Å². The molecule has 0 saturated heterocycles. The van der Waals surface area contributed by atoms with Gasteiger partial charge in [-0.2, -0.15) is 5.26 Å². The molecule has 0 bridgehead atoms. The van der Waals surface area contributed by atoms with Gasteiger partial charge in [0.2, 0.25) is 0 Å². The molecule has 4 heteroatoms. The van der Waals surface area contributed by atoms with Crippen molar-refractivity contribution in [1.82, 2.24) is 0 Å². The zero-order valence-corrected chi connectivity index (χ0v) is 13.1. The Hall–Kier alpha value is -1.63. The van der Waals surface area contributed by atoms with Gasteiger partial charge in [0.15, 0.2) is 5.78 Å². The Morgan fingerprint density at radius 3 is 2.65 bits per heavy atom. The van der Waals surface area contributed by atoms with Crippen LogP contribution in [0.1, 0.15) is 27.4 Å². The summed E-state index contributed by atoms with van der Waals surface area (Å²) in [5.74, 6) is -1.09. The molecular weight excluding hydrogens is 338 g/mol. The van der Waals surface area contributed by atoms with Crippen LogP contribution in [0.25, 0.3) is 0 Å². The van der Waals surface area contributed by atoms with Crippen molar-refractivity contribution in [3.63, 3.8) is 0 Å². The Morgan fingerprint density at radius 2 is 2.05 bits per heavy atom. The number of nitrogens with zero attached hydrogens (tertiary/aromatic N) is 1. The van der Waals surface area contributed by atoms with E-state index in [0.717, 1.165) is 5.56 Å². The zero-order valence-electron chi connectivity index (χ0n) is 10.7. The molecule has 20 heavy (non-hydrogen) atoms. The first-order chi connectivity index (χ1) is 9.52. The summed E-state index contributed by atoms with van der Waals surface area (Å²) in [4.78, 5) is 12.5. The third kappa shape index (κ3) is 3.09. The van der Waals surface area contributed by atoms with E-state index in [-0.39, 0.29) is 5.78 Å². The molecule has 0 aliphatic carbocycles. The molecule has 2 rings (SSSR count). The lowest BCUT2D eigenvalue weighted by molar-refractivity contribution is 0.0978. The molecule has 0 heterocycles. The van der Waals surface area contributed by atoms with Gasteiger partial charge in [0, 0.05) is 15.1 Å². The van der Waals surface area contributed by atoms with Crippen LogP contribution in [0, 0.1) is 18.3 Å². The van der Waals surface area contributed by atoms with Gasteiger partial charge in [0.1, 0.15) is 5.92 Å². The monoisotopic (exact) mass is 347 g/mol. The quantitative estimate of drug-likeness (QED) is 0.740. The summed E-state index contributed by atoms with van der Waals surface area (Å²) in [5.41, 5.74) is 2.16. The van der Waals surface area contributed by atoms with E-state index >= 15 is 0 Å². The number of benzene rings is 2. The number of halogens is 2. The Kier molecular flexibility index (Phi) is 4.59. The molecule has 2 aromatic carbocycles. The fourth-order valence-electron chi connectivity index (χ4n) is 1.95. The van der Waals surface area contributed by atoms with Gasteiger partial charge in [-0.25, -0.2) is 0 Å². The summed E-state index contributed by atoms with van der Waals surface area (Å²) in [6, 6.07) is 14.3. The van der Waals surface area contributed by atoms with E-state index in [1.165, 1.54) is 0 Å². The molecule has 0 aliphatic rings. The van der Waals surface area contributed by atoms with Crippen LogP contribution in [0.2, 0.25) is 5.02 Å². The van der Waals surface area contributed by atoms with Crippen molar-refractivity contribution in [2.75, 3.05) is 0 Å². The second kappa shape index (κ2) is 6.21. The second-order valence-corrected chi connectivity index (χ2v) is 5.76. The maximum absolute atomic E-state index is 12.5. The van der Waals surface area contributed by atoms with Gasteiger partial charge in [-0.15, -0.1) is 0 Å². The molecule has 0 N–H and O–H groups in total. The number of rotatable bonds is 3. The smallest absolute Gasteiger partial charge is 0.185 e. The van der Waals surface area contributed by atoms with Crippen LogP contribution >= 0.6 is 27.5 Å². The van der Waals surface area contributed by atoms with Gasteiger partial charge in [0.25, 0.3) is 0 Å². The SMILES string of the molecule is Cc1ccc(C(=O)C(C#N)c2cccc(Cl)c2)c(Br)c1. The molecule has 0 aromatic heterocycles. The number of ketones is 1. The summed E-state index contributed by atoms with van der Waals surface area (Å²) >= 11 is 9.29. The highest BCUT2D eigenvalue weighted by Crippen LogP contribution is 2.27. The fourth-order valence-corrected chi connectivity index (χ4v) is 2.83. The predicted octanol–water partition coefficient (Wildman–Crippen LogP) is 4.90. The van der Waals surface area contributed by atoms with E-state index in [0.29, 0.717) is 20.6 Å². The van der Waals surface area contributed by atoms with E-state index in [1.807, 2.05) is 19.1 Å². The molecule has 0 radical (unpaired) electrons. The van der Waals surface area contributed by atoms with Crippen LogP contribution in [0.3, 0.4) is 0 Å². The summed E-state index contributed by atoms with van der Waals surface area (Å²) in [6.07, 6.45) is 0. The first-order valence-corrected chi connectivity index (χ1v) is 7.15. The number of Topliss-reactive ketones (excluding diaryl/α,β-unsaturated/α-hetero) is 1. The van der Waals surface area contributed by atoms with Gasteiger partial charge in [-0.1, -0.05) is 45.7 Å². The second-order valence-electron chi connectivity index (χ2n) is 4.46. The summed E-state index contributed by atoms with van der Waals surface area (Å²) < 4.78 is 0.699. The number of hydrogen-bond acceptors (Lipinski definition) is 2. The van der Waals surface area contributed by atoms with Crippen molar-refractivity contribution in [3.05, 3.63) is 68.7 Å². The Bertz CT molecular complexity index is 706. The minimum absolute atomic E-state index is 0.235. The Morgan fingerprint density at radius 1 is 1.30 bits per heavy atom. The minimum atomic E-state index is -0.854. The van der Waals surface area contributed by atoms with Crippen LogP contribution in [0.15, 0.2) is 46.9 Å². The summed E-state index contributed by atoms with van der Waals surface area (Å²) in [6.45, 7) is 1.94. The van der Waals surface area contributed by atoms with E-state index in [2.05, 4.69) is 22.0 Å². The maximum Gasteiger partial charge on any atom is 0.185 e. The highest BCUT2D eigenvalue weighted by atomic mass is 79.9. The zero-order chi connectivity index (χ0) is 14.7. The molecule has 0 amide bonds. The number of nitriles is 1. The van der Waals surface area contributed by atoms with Gasteiger partial charge in [-0.3, -0.25) is 4.79 Å². The normalized spacial score (nSPS) is 11.7. The molecule has 0 fully saturated rings. The van der Waals surface area contributed by atoms with E-state index in [4.69, 9.17) is 11.6 Å². The summed E-state index contributed by atoms with van der Waals surface area (Å²) in [5, 5.41) is 9.83. The molecule has 1 unspecified atom stereocenters. The third-order valence-corrected chi connectivity index (χ3v) is 3.85. The van der Waals surface area contributed by atoms with Gasteiger partial charge in [0.05, 0.1) is 6.07 Å². The van der Waals surface area contributed by atoms with Crippen molar-refractivity contribution >= 4 is 33.3 Å². The number of hydrogen-bond donors (Lipinski definition) is 0. The molecular formula is C16H11BrClNO. The number of carbonyl (C=O) groups is 1. The molecule has 0 saturated carbocycles. The lowest BCUT2D eigenvalue weighted by Crippen LogP contribution is -2.12. The minimum Gasteiger partial charge on any atom is -0.292 e. The summed E-state index contributed by atoms with van der Waals surface area (Å²) in [7, 11) is 0. The highest BCUT2D eigenvalue weighted by Gasteiger charge is 2.23. The lowest BCUT2D eigenvalue weighted by atomic mass is 9.91. The Labute approximate surface area is 131 Å². The standard InChI is InChI=1S/C16H11BrClNO/c1-10-5-6-13(15(17)7-10)16(20)14(9-19)11-3-2-4-12(18)8-11/h2-8,14H,1H3. The van der Waals surface area contributed by atoms with Crippen molar-refractivity contribution in [2.24, 2.45) is 0 Å². The average Bonchev–Trinajstić information content (AvgIpc) is 2.39. The molecule has 0 spiro atoms. The van der Waals surface area contributed by atoms with Crippen molar-refractivity contribution in [1.29, 1.82) is 5.26 Å². The van der Waals surface area contributed by atoms with Gasteiger partial charge in [-0.05, 0) is 42.3 Å². The third-order valence-electron chi connectivity index (χ3n) is 2.96. The lowest BCUT2D eigenvalue weighted by Gasteiger charge is -2.11. The molecule has 100 valence electrons. The van der Waals surface area contributed by atoms with Crippen LogP contribution in [-0.2, 0) is 0 Å². The van der Waals surface area contributed by atoms with Crippen LogP contribution in [0.4, 0.5) is 0 Å². The van der Waals surface area contributed by atoms with Crippen molar-refractivity contribution in [2.45, 2.75) is 12.8 Å². The molecule has 0 aliphatic heterocycles.